The molecule has 5 nitrogen and oxygen atoms in total. The maximum atomic E-state index is 10.00. The van der Waals surface area contributed by atoms with Crippen molar-refractivity contribution in [3.63, 3.8) is 0 Å². The largest absolute Gasteiger partial charge is 0.348 e. The maximum absolute atomic E-state index is 10.00. The molecule has 106 valence electrons. The third-order valence-electron chi connectivity index (χ3n) is 1.91. The summed E-state index contributed by atoms with van der Waals surface area (Å²) in [7, 11) is 4.50. The number of nitrogens with zero attached hydrogens (tertiary/aromatic N) is 1. The van der Waals surface area contributed by atoms with Gasteiger partial charge in [0, 0.05) is 11.9 Å². The van der Waals surface area contributed by atoms with Gasteiger partial charge in [0.05, 0.1) is 19.7 Å². The minimum atomic E-state index is -0.707. The molecule has 1 aromatic heterocycles. The minimum absolute atomic E-state index is 0.508. The van der Waals surface area contributed by atoms with E-state index >= 15 is 0 Å². The van der Waals surface area contributed by atoms with Crippen molar-refractivity contribution in [2.75, 3.05) is 0 Å². The number of hydrogen-bond acceptors (Lipinski definition) is 3. The quantitative estimate of drug-likeness (QED) is 0.626. The highest BCUT2D eigenvalue weighted by atomic mass is 16.1. The Kier molecular flexibility index (Phi) is 12.0. The fourth-order valence-corrected chi connectivity index (χ4v) is 1.02. The van der Waals surface area contributed by atoms with Gasteiger partial charge in [-0.15, -0.1) is 0 Å². The van der Waals surface area contributed by atoms with Crippen LogP contribution in [-0.2, 0) is 16.0 Å². The van der Waals surface area contributed by atoms with Gasteiger partial charge in [-0.25, -0.2) is 4.98 Å². The van der Waals surface area contributed by atoms with Crippen LogP contribution in [0.15, 0.2) is 12.5 Å². The molecule has 6 heteroatoms. The molecule has 0 fully saturated rings. The molecule has 1 heterocycles. The Morgan fingerprint density at radius 2 is 2.00 bits per heavy atom. The van der Waals surface area contributed by atoms with Crippen molar-refractivity contribution >= 4 is 20.5 Å². The van der Waals surface area contributed by atoms with Gasteiger partial charge < -0.3 is 15.1 Å². The third kappa shape index (κ3) is 12.7. The lowest BCUT2D eigenvalue weighted by Crippen LogP contribution is -2.39. The number of H-pyrrole nitrogens is 1. The number of carbonyl (C=O) groups is 2. The number of amides is 1. The summed E-state index contributed by atoms with van der Waals surface area (Å²) in [5.41, 5.74) is 0.520. The molecule has 1 rings (SSSR count). The van der Waals surface area contributed by atoms with Gasteiger partial charge in [-0.2, -0.15) is 0 Å². The first-order valence-electron chi connectivity index (χ1n) is 6.14. The molecule has 0 spiro atoms. The van der Waals surface area contributed by atoms with Crippen LogP contribution in [0.2, 0.25) is 6.82 Å². The monoisotopic (exact) mass is 265 g/mol. The van der Waals surface area contributed by atoms with Crippen molar-refractivity contribution in [1.29, 1.82) is 0 Å². The van der Waals surface area contributed by atoms with Crippen molar-refractivity contribution in [1.82, 2.24) is 15.3 Å². The van der Waals surface area contributed by atoms with Gasteiger partial charge in [0.1, 0.15) is 6.29 Å². The topological polar surface area (TPSA) is 74.8 Å². The maximum Gasteiger partial charge on any atom is 0.207 e. The van der Waals surface area contributed by atoms with Gasteiger partial charge in [0.15, 0.2) is 0 Å². The Labute approximate surface area is 117 Å². The van der Waals surface area contributed by atoms with Crippen LogP contribution in [0, 0.1) is 5.92 Å². The summed E-state index contributed by atoms with van der Waals surface area (Å²) in [4.78, 5) is 26.7. The molecule has 0 aromatic carbocycles. The van der Waals surface area contributed by atoms with Crippen LogP contribution in [0.25, 0.3) is 0 Å². The van der Waals surface area contributed by atoms with Crippen LogP contribution in [0.1, 0.15) is 33.4 Å². The van der Waals surface area contributed by atoms with Crippen LogP contribution in [0.4, 0.5) is 0 Å². The lowest BCUT2D eigenvalue weighted by atomic mass is 10.1. The van der Waals surface area contributed by atoms with Gasteiger partial charge in [-0.05, 0) is 26.2 Å². The highest BCUT2D eigenvalue weighted by Crippen LogP contribution is 2.01. The minimum Gasteiger partial charge on any atom is -0.348 e. The summed E-state index contributed by atoms with van der Waals surface area (Å²) in [6, 6.07) is 0. The molecule has 0 saturated carbocycles. The second kappa shape index (κ2) is 11.5. The van der Waals surface area contributed by atoms with Crippen LogP contribution < -0.4 is 5.32 Å². The number of hydrogen-bond donors (Lipinski definition) is 2. The fraction of sp³-hybridized carbons (Fsp3) is 0.615. The predicted octanol–water partition coefficient (Wildman–Crippen LogP) is 1.52. The van der Waals surface area contributed by atoms with Crippen molar-refractivity contribution in [2.24, 2.45) is 5.92 Å². The van der Waals surface area contributed by atoms with Gasteiger partial charge in [-0.3, -0.25) is 4.79 Å². The van der Waals surface area contributed by atoms with E-state index in [0.717, 1.165) is 6.42 Å². The van der Waals surface area contributed by atoms with E-state index < -0.39 is 5.54 Å². The highest BCUT2D eigenvalue weighted by Gasteiger charge is 2.12. The molecule has 0 aliphatic rings. The second-order valence-electron chi connectivity index (χ2n) is 4.78. The summed E-state index contributed by atoms with van der Waals surface area (Å²) in [6.07, 6.45) is 5.88. The molecule has 2 N–H and O–H groups in total. The Bertz CT molecular complexity index is 325. The first-order chi connectivity index (χ1) is 8.91. The Morgan fingerprint density at radius 1 is 1.42 bits per heavy atom. The molecule has 19 heavy (non-hydrogen) atoms. The molecule has 0 aliphatic heterocycles. The molecule has 1 amide bonds. The second-order valence-corrected chi connectivity index (χ2v) is 4.78. The van der Waals surface area contributed by atoms with Crippen LogP contribution in [0.3, 0.4) is 0 Å². The lowest BCUT2D eigenvalue weighted by molar-refractivity contribution is -0.117. The molecule has 0 saturated heterocycles. The van der Waals surface area contributed by atoms with Crippen LogP contribution in [-0.4, -0.2) is 36.0 Å². The zero-order valence-electron chi connectivity index (χ0n) is 12.4. The van der Waals surface area contributed by atoms with E-state index in [9.17, 15) is 9.59 Å². The summed E-state index contributed by atoms with van der Waals surface area (Å²) in [5.74, 6) is 0.713. The Hall–Kier alpha value is -1.59. The highest BCUT2D eigenvalue weighted by molar-refractivity contribution is 6.05. The number of carbonyl (C=O) groups excluding carboxylic acids is 2. The van der Waals surface area contributed by atoms with E-state index in [1.807, 2.05) is 6.20 Å². The van der Waals surface area contributed by atoms with Crippen molar-refractivity contribution in [3.8, 4) is 0 Å². The third-order valence-corrected chi connectivity index (χ3v) is 1.91. The average Bonchev–Trinajstić information content (AvgIpc) is 2.84. The van der Waals surface area contributed by atoms with E-state index in [1.54, 1.807) is 20.2 Å². The Morgan fingerprint density at radius 3 is 2.26 bits per heavy atom. The first-order valence-corrected chi connectivity index (χ1v) is 6.14. The number of imidazole rings is 1. The van der Waals surface area contributed by atoms with Gasteiger partial charge in [-0.1, -0.05) is 20.7 Å². The summed E-state index contributed by atoms with van der Waals surface area (Å²) in [6.45, 7) is 9.13. The molecule has 0 unspecified atom stereocenters. The van der Waals surface area contributed by atoms with Crippen LogP contribution in [0.5, 0.6) is 0 Å². The zero-order valence-corrected chi connectivity index (χ0v) is 12.4. The van der Waals surface area contributed by atoms with Crippen molar-refractivity contribution < 1.29 is 9.59 Å². The van der Waals surface area contributed by atoms with E-state index in [-0.39, 0.29) is 0 Å². The number of nitrogens with one attached hydrogen (secondary N) is 2. The van der Waals surface area contributed by atoms with E-state index in [0.29, 0.717) is 18.6 Å². The molecule has 1 aromatic rings. The predicted molar refractivity (Wildman–Crippen MR) is 78.1 cm³/mol. The van der Waals surface area contributed by atoms with E-state index in [1.165, 1.54) is 12.5 Å². The summed E-state index contributed by atoms with van der Waals surface area (Å²) >= 11 is 0. The average molecular weight is 265 g/mol. The fourth-order valence-electron chi connectivity index (χ4n) is 1.02. The smallest absolute Gasteiger partial charge is 0.207 e. The summed E-state index contributed by atoms with van der Waals surface area (Å²) < 4.78 is 0. The van der Waals surface area contributed by atoms with Crippen LogP contribution >= 0.6 is 0 Å². The summed E-state index contributed by atoms with van der Waals surface area (Å²) in [5, 5.41) is 2.32. The molecule has 2 radical (unpaired) electrons. The number of aldehydes is 1. The molecule has 0 bridgehead atoms. The molecule has 0 aliphatic carbocycles. The van der Waals surface area contributed by atoms with E-state index in [4.69, 9.17) is 0 Å². The van der Waals surface area contributed by atoms with Gasteiger partial charge in [0.2, 0.25) is 6.41 Å². The SMILES string of the molecule is CC(C)(C=O)NC=O.CC(C)Cc1cnc[nH]1.[B]C. The number of aromatic nitrogens is 2. The Balaban J connectivity index is 0. The molecular formula is C13H24BN3O2. The zero-order chi connectivity index (χ0) is 15.3. The van der Waals surface area contributed by atoms with Crippen molar-refractivity contribution in [3.05, 3.63) is 18.2 Å². The van der Waals surface area contributed by atoms with E-state index in [2.05, 4.69) is 37.0 Å². The number of rotatable bonds is 5. The van der Waals surface area contributed by atoms with Gasteiger partial charge >= 0.3 is 0 Å². The molecular weight excluding hydrogens is 241 g/mol. The molecule has 0 atom stereocenters. The standard InChI is InChI=1S/C7H12N2.C5H9NO2.CH3B/c1-6(2)3-7-4-8-5-9-7;1-5(2,3-7)6-4-8;1-2/h4-6H,3H2,1-2H3,(H,8,9);3-4H,1-2H3,(H,6,8);1H3. The van der Waals surface area contributed by atoms with Gasteiger partial charge in [0.25, 0.3) is 0 Å². The lowest BCUT2D eigenvalue weighted by Gasteiger charge is -2.13. The number of aromatic amines is 1. The van der Waals surface area contributed by atoms with Crippen molar-refractivity contribution in [2.45, 2.75) is 46.5 Å². The normalized spacial score (nSPS) is 9.58. The first kappa shape index (κ1) is 19.7.